The molecule has 4 nitrogen and oxygen atoms in total. The molecule has 0 saturated carbocycles. The zero-order valence-corrected chi connectivity index (χ0v) is 12.8. The van der Waals surface area contributed by atoms with Crippen molar-refractivity contribution in [3.8, 4) is 5.75 Å². The first-order valence-corrected chi connectivity index (χ1v) is 7.08. The van der Waals surface area contributed by atoms with Gasteiger partial charge in [-0.2, -0.15) is 0 Å². The number of methoxy groups -OCH3 is 1. The van der Waals surface area contributed by atoms with Gasteiger partial charge in [-0.1, -0.05) is 30.3 Å². The van der Waals surface area contributed by atoms with Crippen molar-refractivity contribution in [3.05, 3.63) is 71.9 Å². The number of hydrogen-bond donors (Lipinski definition) is 2. The number of carbonyl (C=O) groups is 1. The van der Waals surface area contributed by atoms with Crippen LogP contribution in [0.25, 0.3) is 0 Å². The molecule has 1 amide bonds. The van der Waals surface area contributed by atoms with E-state index in [-0.39, 0.29) is 5.91 Å². The van der Waals surface area contributed by atoms with Crippen LogP contribution in [0.1, 0.15) is 12.5 Å². The van der Waals surface area contributed by atoms with Crippen LogP contribution >= 0.6 is 0 Å². The lowest BCUT2D eigenvalue weighted by Crippen LogP contribution is -2.15. The molecule has 2 N–H and O–H groups in total. The highest BCUT2D eigenvalue weighted by Crippen LogP contribution is 2.14. The third-order valence-corrected chi connectivity index (χ3v) is 3.12. The van der Waals surface area contributed by atoms with Crippen molar-refractivity contribution >= 4 is 11.6 Å². The second-order valence-electron chi connectivity index (χ2n) is 4.88. The van der Waals surface area contributed by atoms with Crippen LogP contribution in [0.5, 0.6) is 5.75 Å². The first kappa shape index (κ1) is 15.6. The summed E-state index contributed by atoms with van der Waals surface area (Å²) in [5.74, 6) is 0.595. The Kier molecular flexibility index (Phi) is 5.60. The van der Waals surface area contributed by atoms with E-state index in [1.54, 1.807) is 37.5 Å². The van der Waals surface area contributed by atoms with Crippen molar-refractivity contribution in [1.29, 1.82) is 0 Å². The van der Waals surface area contributed by atoms with Crippen LogP contribution in [-0.2, 0) is 11.3 Å². The number of carbonyl (C=O) groups excluding carboxylic acids is 1. The lowest BCUT2D eigenvalue weighted by molar-refractivity contribution is -0.112. The number of rotatable bonds is 6. The van der Waals surface area contributed by atoms with Crippen molar-refractivity contribution in [2.24, 2.45) is 0 Å². The monoisotopic (exact) mass is 296 g/mol. The summed E-state index contributed by atoms with van der Waals surface area (Å²) in [5, 5.41) is 6.03. The molecule has 0 aliphatic heterocycles. The predicted molar refractivity (Wildman–Crippen MR) is 88.7 cm³/mol. The zero-order valence-electron chi connectivity index (χ0n) is 12.8. The summed E-state index contributed by atoms with van der Waals surface area (Å²) < 4.78 is 5.08. The molecule has 2 aromatic rings. The van der Waals surface area contributed by atoms with Crippen molar-refractivity contribution in [2.45, 2.75) is 13.5 Å². The molecule has 2 rings (SSSR count). The number of anilines is 1. The molecule has 0 saturated heterocycles. The number of hydrogen-bond acceptors (Lipinski definition) is 3. The Bertz CT molecular complexity index is 634. The zero-order chi connectivity index (χ0) is 15.8. The standard InChI is InChI=1S/C18H20N2O2/c1-14(19-13-15-6-4-3-5-7-15)12-18(21)20-16-8-10-17(22-2)11-9-16/h3-12,19H,13H2,1-2H3,(H,20,21). The number of ether oxygens (including phenoxy) is 1. The van der Waals surface area contributed by atoms with E-state index in [1.165, 1.54) is 5.56 Å². The SMILES string of the molecule is COc1ccc(NC(=O)C=C(C)NCc2ccccc2)cc1. The highest BCUT2D eigenvalue weighted by atomic mass is 16.5. The molecular weight excluding hydrogens is 276 g/mol. The summed E-state index contributed by atoms with van der Waals surface area (Å²) in [4.78, 5) is 11.9. The molecule has 22 heavy (non-hydrogen) atoms. The molecule has 0 aliphatic carbocycles. The normalized spacial score (nSPS) is 10.9. The Labute approximate surface area is 130 Å². The molecule has 0 unspecified atom stereocenters. The number of nitrogens with one attached hydrogen (secondary N) is 2. The molecular formula is C18H20N2O2. The Morgan fingerprint density at radius 1 is 1.09 bits per heavy atom. The lowest BCUT2D eigenvalue weighted by Gasteiger charge is -2.07. The first-order valence-electron chi connectivity index (χ1n) is 7.08. The van der Waals surface area contributed by atoms with Crippen LogP contribution in [-0.4, -0.2) is 13.0 Å². The van der Waals surface area contributed by atoms with Gasteiger partial charge in [-0.25, -0.2) is 0 Å². The third kappa shape index (κ3) is 4.98. The van der Waals surface area contributed by atoms with Crippen LogP contribution in [0, 0.1) is 0 Å². The molecule has 114 valence electrons. The van der Waals surface area contributed by atoms with E-state index in [2.05, 4.69) is 10.6 Å². The number of benzene rings is 2. The Morgan fingerprint density at radius 2 is 1.77 bits per heavy atom. The average Bonchev–Trinajstić information content (AvgIpc) is 2.54. The summed E-state index contributed by atoms with van der Waals surface area (Å²) in [7, 11) is 1.61. The molecule has 0 atom stereocenters. The van der Waals surface area contributed by atoms with E-state index < -0.39 is 0 Å². The molecule has 2 aromatic carbocycles. The van der Waals surface area contributed by atoms with E-state index in [1.807, 2.05) is 37.3 Å². The summed E-state index contributed by atoms with van der Waals surface area (Å²) in [5.41, 5.74) is 2.72. The minimum absolute atomic E-state index is 0.164. The van der Waals surface area contributed by atoms with Crippen LogP contribution in [0.15, 0.2) is 66.4 Å². The molecule has 0 heterocycles. The minimum Gasteiger partial charge on any atom is -0.497 e. The average molecular weight is 296 g/mol. The molecule has 0 aromatic heterocycles. The van der Waals surface area contributed by atoms with E-state index in [4.69, 9.17) is 4.74 Å². The molecule has 0 spiro atoms. The molecule has 4 heteroatoms. The summed E-state index contributed by atoms with van der Waals surface area (Å²) in [6, 6.07) is 17.3. The molecule has 0 aliphatic rings. The van der Waals surface area contributed by atoms with Gasteiger partial charge in [0.05, 0.1) is 7.11 Å². The van der Waals surface area contributed by atoms with Gasteiger partial charge in [-0.15, -0.1) is 0 Å². The van der Waals surface area contributed by atoms with Crippen molar-refractivity contribution in [1.82, 2.24) is 5.32 Å². The van der Waals surface area contributed by atoms with Gasteiger partial charge in [0.25, 0.3) is 0 Å². The number of allylic oxidation sites excluding steroid dienone is 1. The fourth-order valence-corrected chi connectivity index (χ4v) is 1.94. The fourth-order valence-electron chi connectivity index (χ4n) is 1.94. The van der Waals surface area contributed by atoms with Crippen LogP contribution in [0.2, 0.25) is 0 Å². The van der Waals surface area contributed by atoms with Gasteiger partial charge in [0.15, 0.2) is 0 Å². The smallest absolute Gasteiger partial charge is 0.250 e. The van der Waals surface area contributed by atoms with Crippen molar-refractivity contribution < 1.29 is 9.53 Å². The van der Waals surface area contributed by atoms with E-state index in [0.717, 1.165) is 17.1 Å². The van der Waals surface area contributed by atoms with Gasteiger partial charge >= 0.3 is 0 Å². The van der Waals surface area contributed by atoms with Gasteiger partial charge in [0, 0.05) is 24.0 Å². The van der Waals surface area contributed by atoms with Gasteiger partial charge < -0.3 is 15.4 Å². The maximum Gasteiger partial charge on any atom is 0.250 e. The van der Waals surface area contributed by atoms with Crippen molar-refractivity contribution in [3.63, 3.8) is 0 Å². The topological polar surface area (TPSA) is 50.4 Å². The highest BCUT2D eigenvalue weighted by molar-refractivity contribution is 5.99. The van der Waals surface area contributed by atoms with Gasteiger partial charge in [-0.05, 0) is 36.8 Å². The first-order chi connectivity index (χ1) is 10.7. The van der Waals surface area contributed by atoms with Crippen LogP contribution in [0.3, 0.4) is 0 Å². The van der Waals surface area contributed by atoms with Crippen LogP contribution < -0.4 is 15.4 Å². The largest absolute Gasteiger partial charge is 0.497 e. The third-order valence-electron chi connectivity index (χ3n) is 3.12. The van der Waals surface area contributed by atoms with E-state index in [0.29, 0.717) is 6.54 Å². The van der Waals surface area contributed by atoms with Crippen LogP contribution in [0.4, 0.5) is 5.69 Å². The second-order valence-corrected chi connectivity index (χ2v) is 4.88. The predicted octanol–water partition coefficient (Wildman–Crippen LogP) is 3.33. The minimum atomic E-state index is -0.164. The van der Waals surface area contributed by atoms with Gasteiger partial charge in [0.1, 0.15) is 5.75 Å². The fraction of sp³-hybridized carbons (Fsp3) is 0.167. The molecule has 0 fully saturated rings. The van der Waals surface area contributed by atoms with Gasteiger partial charge in [-0.3, -0.25) is 4.79 Å². The highest BCUT2D eigenvalue weighted by Gasteiger charge is 2.00. The maximum absolute atomic E-state index is 11.9. The maximum atomic E-state index is 11.9. The Hall–Kier alpha value is -2.75. The Balaban J connectivity index is 1.86. The van der Waals surface area contributed by atoms with Crippen molar-refractivity contribution in [2.75, 3.05) is 12.4 Å². The quantitative estimate of drug-likeness (QED) is 0.804. The lowest BCUT2D eigenvalue weighted by atomic mass is 10.2. The van der Waals surface area contributed by atoms with E-state index >= 15 is 0 Å². The summed E-state index contributed by atoms with van der Waals surface area (Å²) >= 11 is 0. The van der Waals surface area contributed by atoms with Gasteiger partial charge in [0.2, 0.25) is 5.91 Å². The molecule has 0 radical (unpaired) electrons. The Morgan fingerprint density at radius 3 is 2.41 bits per heavy atom. The number of amides is 1. The second kappa shape index (κ2) is 7.88. The summed E-state index contributed by atoms with van der Waals surface area (Å²) in [6.07, 6.45) is 1.55. The summed E-state index contributed by atoms with van der Waals surface area (Å²) in [6.45, 7) is 2.57. The molecule has 0 bridgehead atoms. The van der Waals surface area contributed by atoms with E-state index in [9.17, 15) is 4.79 Å².